The summed E-state index contributed by atoms with van der Waals surface area (Å²) in [4.78, 5) is 19.8. The van der Waals surface area contributed by atoms with Crippen LogP contribution in [-0.2, 0) is 0 Å². The van der Waals surface area contributed by atoms with Crippen LogP contribution >= 0.6 is 0 Å². The maximum absolute atomic E-state index is 13.4. The maximum Gasteiger partial charge on any atom is 0.258 e. The number of hydrogen-bond acceptors (Lipinski definition) is 4. The van der Waals surface area contributed by atoms with Crippen molar-refractivity contribution in [2.45, 2.75) is 52.8 Å². The summed E-state index contributed by atoms with van der Waals surface area (Å²) >= 11 is 0. The smallest absolute Gasteiger partial charge is 0.258 e. The zero-order valence-corrected chi connectivity index (χ0v) is 16.4. The molecule has 0 fully saturated rings. The van der Waals surface area contributed by atoms with E-state index in [9.17, 15) is 9.90 Å². The Morgan fingerprint density at radius 3 is 2.19 bits per heavy atom. The Balaban J connectivity index is 2.66. The average molecular weight is 356 g/mol. The van der Waals surface area contributed by atoms with E-state index in [4.69, 9.17) is 4.74 Å². The number of aliphatic hydroxyl groups is 1. The number of amides is 1. The highest BCUT2D eigenvalue weighted by molar-refractivity contribution is 6.03. The van der Waals surface area contributed by atoms with Gasteiger partial charge < -0.3 is 14.7 Å². The van der Waals surface area contributed by atoms with Crippen LogP contribution in [0.3, 0.4) is 0 Å². The van der Waals surface area contributed by atoms with Crippen molar-refractivity contribution in [3.05, 3.63) is 47.7 Å². The number of aromatic nitrogens is 1. The van der Waals surface area contributed by atoms with Crippen molar-refractivity contribution in [3.63, 3.8) is 0 Å². The molecule has 1 unspecified atom stereocenters. The van der Waals surface area contributed by atoms with E-state index in [1.54, 1.807) is 26.2 Å². The second-order valence-corrected chi connectivity index (χ2v) is 6.91. The van der Waals surface area contributed by atoms with Gasteiger partial charge in [0.15, 0.2) is 0 Å². The molecule has 140 valence electrons. The third kappa shape index (κ3) is 4.05. The average Bonchev–Trinajstić information content (AvgIpc) is 2.60. The van der Waals surface area contributed by atoms with Crippen molar-refractivity contribution >= 4 is 5.91 Å². The molecule has 0 bridgehead atoms. The number of carbonyl (C=O) groups is 1. The van der Waals surface area contributed by atoms with E-state index in [-0.39, 0.29) is 18.0 Å². The van der Waals surface area contributed by atoms with Crippen molar-refractivity contribution in [3.8, 4) is 17.0 Å². The molecule has 1 atom stereocenters. The summed E-state index contributed by atoms with van der Waals surface area (Å²) < 4.78 is 5.49. The summed E-state index contributed by atoms with van der Waals surface area (Å²) in [6, 6.07) is 11.0. The van der Waals surface area contributed by atoms with Crippen LogP contribution in [0.5, 0.6) is 5.75 Å². The summed E-state index contributed by atoms with van der Waals surface area (Å²) in [5.41, 5.74) is 2.39. The number of methoxy groups -OCH3 is 1. The molecule has 1 N–H and O–H groups in total. The van der Waals surface area contributed by atoms with Crippen LogP contribution in [0.2, 0.25) is 0 Å². The topological polar surface area (TPSA) is 62.7 Å². The highest BCUT2D eigenvalue weighted by Gasteiger charge is 2.27. The van der Waals surface area contributed by atoms with E-state index in [0.29, 0.717) is 28.3 Å². The highest BCUT2D eigenvalue weighted by Crippen LogP contribution is 2.32. The Morgan fingerprint density at radius 2 is 1.65 bits per heavy atom. The Bertz CT molecular complexity index is 762. The predicted octanol–water partition coefficient (Wildman–Crippen LogP) is 4.07. The van der Waals surface area contributed by atoms with Crippen LogP contribution in [0.25, 0.3) is 11.3 Å². The minimum Gasteiger partial charge on any atom is -0.496 e. The van der Waals surface area contributed by atoms with Crippen LogP contribution in [-0.4, -0.2) is 40.1 Å². The van der Waals surface area contributed by atoms with E-state index in [0.717, 1.165) is 0 Å². The molecule has 1 aromatic heterocycles. The van der Waals surface area contributed by atoms with Gasteiger partial charge in [-0.15, -0.1) is 0 Å². The van der Waals surface area contributed by atoms with Crippen LogP contribution in [0.1, 0.15) is 56.8 Å². The minimum absolute atomic E-state index is 0.0528. The molecular weight excluding hydrogens is 328 g/mol. The number of nitrogens with zero attached hydrogens (tertiary/aromatic N) is 2. The molecule has 1 aromatic carbocycles. The molecule has 5 nitrogen and oxygen atoms in total. The molecule has 0 aliphatic heterocycles. The first kappa shape index (κ1) is 19.9. The molecule has 2 aromatic rings. The molecule has 1 heterocycles. The van der Waals surface area contributed by atoms with E-state index in [1.807, 2.05) is 56.9 Å². The molecule has 0 aliphatic carbocycles. The summed E-state index contributed by atoms with van der Waals surface area (Å²) in [6.07, 6.45) is -0.678. The zero-order chi connectivity index (χ0) is 19.4. The molecule has 2 rings (SSSR count). The second-order valence-electron chi connectivity index (χ2n) is 6.91. The second kappa shape index (κ2) is 8.32. The number of carbonyl (C=O) groups excluding carboxylic acids is 1. The van der Waals surface area contributed by atoms with E-state index < -0.39 is 6.10 Å². The number of rotatable bonds is 6. The summed E-state index contributed by atoms with van der Waals surface area (Å²) in [7, 11) is 1.56. The molecule has 26 heavy (non-hydrogen) atoms. The molecule has 0 saturated carbocycles. The molecular formula is C21H28N2O3. The lowest BCUT2D eigenvalue weighted by molar-refractivity contribution is 0.0641. The van der Waals surface area contributed by atoms with Gasteiger partial charge in [0.1, 0.15) is 5.75 Å². The molecule has 0 spiro atoms. The summed E-state index contributed by atoms with van der Waals surface area (Å²) in [5.74, 6) is 0.426. The first-order chi connectivity index (χ1) is 12.3. The third-order valence-corrected chi connectivity index (χ3v) is 4.28. The minimum atomic E-state index is -0.678. The van der Waals surface area contributed by atoms with E-state index in [2.05, 4.69) is 4.98 Å². The van der Waals surface area contributed by atoms with Crippen molar-refractivity contribution in [2.75, 3.05) is 7.11 Å². The van der Waals surface area contributed by atoms with Gasteiger partial charge in [0.2, 0.25) is 0 Å². The van der Waals surface area contributed by atoms with Gasteiger partial charge in [0, 0.05) is 17.6 Å². The zero-order valence-electron chi connectivity index (χ0n) is 16.4. The number of hydrogen-bond donors (Lipinski definition) is 1. The lowest BCUT2D eigenvalue weighted by Gasteiger charge is -2.32. The Morgan fingerprint density at radius 1 is 1.04 bits per heavy atom. The monoisotopic (exact) mass is 356 g/mol. The van der Waals surface area contributed by atoms with Gasteiger partial charge in [-0.2, -0.15) is 0 Å². The van der Waals surface area contributed by atoms with E-state index >= 15 is 0 Å². The predicted molar refractivity (Wildman–Crippen MR) is 103 cm³/mol. The Labute approximate surface area is 155 Å². The number of aliphatic hydroxyl groups excluding tert-OH is 1. The van der Waals surface area contributed by atoms with Crippen molar-refractivity contribution in [2.24, 2.45) is 0 Å². The van der Waals surface area contributed by atoms with Gasteiger partial charge in [0.05, 0.1) is 30.2 Å². The first-order valence-electron chi connectivity index (χ1n) is 8.93. The van der Waals surface area contributed by atoms with Gasteiger partial charge in [-0.3, -0.25) is 9.78 Å². The number of ether oxygens (including phenoxy) is 1. The van der Waals surface area contributed by atoms with Crippen LogP contribution in [0, 0.1) is 0 Å². The Hall–Kier alpha value is -2.40. The quantitative estimate of drug-likeness (QED) is 0.847. The number of benzene rings is 1. The fourth-order valence-electron chi connectivity index (χ4n) is 3.16. The van der Waals surface area contributed by atoms with Crippen molar-refractivity contribution in [1.82, 2.24) is 9.88 Å². The third-order valence-electron chi connectivity index (χ3n) is 4.28. The fourth-order valence-corrected chi connectivity index (χ4v) is 3.16. The molecule has 5 heteroatoms. The van der Waals surface area contributed by atoms with Crippen molar-refractivity contribution < 1.29 is 14.6 Å². The highest BCUT2D eigenvalue weighted by atomic mass is 16.5. The van der Waals surface area contributed by atoms with Crippen LogP contribution < -0.4 is 4.74 Å². The normalized spacial score (nSPS) is 12.3. The van der Waals surface area contributed by atoms with Crippen LogP contribution in [0.4, 0.5) is 0 Å². The SMILES string of the molecule is COc1cccc(-c2cccc(C(C)O)n2)c1C(=O)N(C(C)C)C(C)C. The largest absolute Gasteiger partial charge is 0.496 e. The maximum atomic E-state index is 13.4. The number of pyridine rings is 1. The first-order valence-corrected chi connectivity index (χ1v) is 8.93. The lowest BCUT2D eigenvalue weighted by atomic mass is 9.99. The molecule has 0 saturated heterocycles. The standard InChI is InChI=1S/C21H28N2O3/c1-13(2)23(14(3)4)21(25)20-16(9-7-12-19(20)26-6)18-11-8-10-17(22-18)15(5)24/h7-15,24H,1-6H3. The Kier molecular flexibility index (Phi) is 6.37. The van der Waals surface area contributed by atoms with Gasteiger partial charge in [0.25, 0.3) is 5.91 Å². The van der Waals surface area contributed by atoms with E-state index in [1.165, 1.54) is 0 Å². The fraction of sp³-hybridized carbons (Fsp3) is 0.429. The molecule has 1 amide bonds. The van der Waals surface area contributed by atoms with Gasteiger partial charge in [-0.1, -0.05) is 18.2 Å². The van der Waals surface area contributed by atoms with Gasteiger partial charge >= 0.3 is 0 Å². The molecule has 0 radical (unpaired) electrons. The van der Waals surface area contributed by atoms with Crippen molar-refractivity contribution in [1.29, 1.82) is 0 Å². The van der Waals surface area contributed by atoms with Gasteiger partial charge in [-0.25, -0.2) is 0 Å². The summed E-state index contributed by atoms with van der Waals surface area (Å²) in [5, 5.41) is 9.85. The lowest BCUT2D eigenvalue weighted by Crippen LogP contribution is -2.42. The van der Waals surface area contributed by atoms with Gasteiger partial charge in [-0.05, 0) is 52.8 Å². The summed E-state index contributed by atoms with van der Waals surface area (Å²) in [6.45, 7) is 9.67. The molecule has 0 aliphatic rings. The van der Waals surface area contributed by atoms with Crippen LogP contribution in [0.15, 0.2) is 36.4 Å².